The lowest BCUT2D eigenvalue weighted by molar-refractivity contribution is -0.151. The zero-order valence-corrected chi connectivity index (χ0v) is 16.0. The van der Waals surface area contributed by atoms with Gasteiger partial charge in [0.25, 0.3) is 5.56 Å². The van der Waals surface area contributed by atoms with E-state index >= 15 is 0 Å². The highest BCUT2D eigenvalue weighted by atomic mass is 19.1. The lowest BCUT2D eigenvalue weighted by Crippen LogP contribution is -2.45. The molecule has 4 rings (SSSR count). The third-order valence-corrected chi connectivity index (χ3v) is 5.24. The molecule has 0 aliphatic carbocycles. The van der Waals surface area contributed by atoms with Crippen LogP contribution in [0, 0.1) is 11.7 Å². The molecule has 1 amide bonds. The van der Waals surface area contributed by atoms with Gasteiger partial charge in [-0.25, -0.2) is 9.07 Å². The molecule has 0 radical (unpaired) electrons. The van der Waals surface area contributed by atoms with Gasteiger partial charge in [-0.2, -0.15) is 5.10 Å². The number of fused-ring (bicyclic) bond motifs is 3. The SMILES string of the molecule is CCOC(=O)C1CCCN(C(=O)Cn2ncn3c(cc4cc(F)ccc43)c2=O)C1. The van der Waals surface area contributed by atoms with E-state index in [4.69, 9.17) is 4.74 Å². The molecule has 29 heavy (non-hydrogen) atoms. The highest BCUT2D eigenvalue weighted by Gasteiger charge is 2.29. The number of ether oxygens (including phenoxy) is 1. The normalized spacial score (nSPS) is 17.0. The van der Waals surface area contributed by atoms with Crippen LogP contribution in [0.25, 0.3) is 16.4 Å². The number of carbonyl (C=O) groups excluding carboxylic acids is 2. The standard InChI is InChI=1S/C20H21FN4O4/c1-2-29-20(28)13-4-3-7-23(10-13)18(26)11-25-19(27)17-9-14-8-15(21)5-6-16(14)24(17)12-22-25/h5-6,8-9,12-13H,2-4,7,10-11H2,1H3. The number of piperidine rings is 1. The summed E-state index contributed by atoms with van der Waals surface area (Å²) in [6, 6.07) is 5.83. The van der Waals surface area contributed by atoms with Crippen LogP contribution in [0.1, 0.15) is 19.8 Å². The number of likely N-dealkylation sites (tertiary alicyclic amines) is 1. The van der Waals surface area contributed by atoms with Crippen molar-refractivity contribution in [3.05, 3.63) is 46.8 Å². The van der Waals surface area contributed by atoms with E-state index in [0.717, 1.165) is 4.68 Å². The first-order valence-corrected chi connectivity index (χ1v) is 9.58. The molecule has 1 unspecified atom stereocenters. The van der Waals surface area contributed by atoms with Crippen molar-refractivity contribution in [1.29, 1.82) is 0 Å². The number of hydrogen-bond acceptors (Lipinski definition) is 5. The highest BCUT2D eigenvalue weighted by Crippen LogP contribution is 2.20. The van der Waals surface area contributed by atoms with Crippen molar-refractivity contribution in [3.8, 4) is 0 Å². The third-order valence-electron chi connectivity index (χ3n) is 5.24. The van der Waals surface area contributed by atoms with Gasteiger partial charge in [0.05, 0.1) is 18.0 Å². The lowest BCUT2D eigenvalue weighted by atomic mass is 9.98. The van der Waals surface area contributed by atoms with Gasteiger partial charge in [-0.15, -0.1) is 0 Å². The van der Waals surface area contributed by atoms with Gasteiger partial charge in [0.2, 0.25) is 5.91 Å². The lowest BCUT2D eigenvalue weighted by Gasteiger charge is -2.31. The fourth-order valence-electron chi connectivity index (χ4n) is 3.79. The van der Waals surface area contributed by atoms with Crippen LogP contribution in [0.15, 0.2) is 35.4 Å². The van der Waals surface area contributed by atoms with Crippen molar-refractivity contribution < 1.29 is 18.7 Å². The second-order valence-electron chi connectivity index (χ2n) is 7.13. The molecule has 8 nitrogen and oxygen atoms in total. The number of benzene rings is 1. The Labute approximate surface area is 165 Å². The third kappa shape index (κ3) is 3.59. The van der Waals surface area contributed by atoms with Gasteiger partial charge in [-0.05, 0) is 44.0 Å². The van der Waals surface area contributed by atoms with Crippen LogP contribution in [0.3, 0.4) is 0 Å². The summed E-state index contributed by atoms with van der Waals surface area (Å²) < 4.78 is 21.2. The van der Waals surface area contributed by atoms with Crippen molar-refractivity contribution in [2.75, 3.05) is 19.7 Å². The van der Waals surface area contributed by atoms with Crippen LogP contribution < -0.4 is 5.56 Å². The molecule has 1 aliphatic rings. The molecule has 0 saturated carbocycles. The fraction of sp³-hybridized carbons (Fsp3) is 0.400. The quantitative estimate of drug-likeness (QED) is 0.621. The minimum atomic E-state index is -0.434. The van der Waals surface area contributed by atoms with Crippen LogP contribution in [-0.2, 0) is 20.9 Å². The summed E-state index contributed by atoms with van der Waals surface area (Å²) >= 11 is 0. The number of esters is 1. The van der Waals surface area contributed by atoms with Crippen LogP contribution >= 0.6 is 0 Å². The Morgan fingerprint density at radius 3 is 2.90 bits per heavy atom. The molecule has 1 saturated heterocycles. The first-order valence-electron chi connectivity index (χ1n) is 9.58. The number of rotatable bonds is 4. The molecule has 3 heterocycles. The molecule has 1 aromatic carbocycles. The second-order valence-corrected chi connectivity index (χ2v) is 7.13. The van der Waals surface area contributed by atoms with E-state index in [2.05, 4.69) is 5.10 Å². The molecule has 1 atom stereocenters. The highest BCUT2D eigenvalue weighted by molar-refractivity contribution is 5.87. The molecular formula is C20H21FN4O4. The summed E-state index contributed by atoms with van der Waals surface area (Å²) in [6.45, 7) is 2.64. The molecular weight excluding hydrogens is 379 g/mol. The Morgan fingerprint density at radius 2 is 2.10 bits per heavy atom. The maximum Gasteiger partial charge on any atom is 0.310 e. The van der Waals surface area contributed by atoms with Gasteiger partial charge >= 0.3 is 5.97 Å². The number of aromatic nitrogens is 3. The number of hydrogen-bond donors (Lipinski definition) is 0. The fourth-order valence-corrected chi connectivity index (χ4v) is 3.79. The van der Waals surface area contributed by atoms with Gasteiger partial charge in [0.15, 0.2) is 0 Å². The van der Waals surface area contributed by atoms with Crippen molar-refractivity contribution in [3.63, 3.8) is 0 Å². The number of halogens is 1. The van der Waals surface area contributed by atoms with Gasteiger partial charge < -0.3 is 9.64 Å². The average Bonchev–Trinajstić information content (AvgIpc) is 3.08. The van der Waals surface area contributed by atoms with E-state index in [0.29, 0.717) is 42.4 Å². The van der Waals surface area contributed by atoms with E-state index < -0.39 is 11.4 Å². The van der Waals surface area contributed by atoms with E-state index in [1.54, 1.807) is 28.4 Å². The Bertz CT molecular complexity index is 1150. The molecule has 152 valence electrons. The van der Waals surface area contributed by atoms with Crippen molar-refractivity contribution in [2.45, 2.75) is 26.3 Å². The first-order chi connectivity index (χ1) is 14.0. The van der Waals surface area contributed by atoms with E-state index in [1.165, 1.54) is 18.5 Å². The van der Waals surface area contributed by atoms with Gasteiger partial charge in [0, 0.05) is 18.5 Å². The maximum absolute atomic E-state index is 13.5. The van der Waals surface area contributed by atoms with Crippen molar-refractivity contribution in [2.24, 2.45) is 5.92 Å². The van der Waals surface area contributed by atoms with Gasteiger partial charge in [-0.3, -0.25) is 18.8 Å². The van der Waals surface area contributed by atoms with Crippen molar-refractivity contribution in [1.82, 2.24) is 19.1 Å². The summed E-state index contributed by atoms with van der Waals surface area (Å²) in [6.07, 6.45) is 2.83. The van der Waals surface area contributed by atoms with Gasteiger partial charge in [-0.1, -0.05) is 0 Å². The first kappa shape index (κ1) is 19.1. The van der Waals surface area contributed by atoms with Gasteiger partial charge in [0.1, 0.15) is 24.2 Å². The Kier molecular flexibility index (Phi) is 5.04. The second kappa shape index (κ2) is 7.65. The molecule has 9 heteroatoms. The molecule has 0 N–H and O–H groups in total. The van der Waals surface area contributed by atoms with Crippen LogP contribution in [-0.4, -0.2) is 50.7 Å². The molecule has 1 aliphatic heterocycles. The summed E-state index contributed by atoms with van der Waals surface area (Å²) in [5, 5.41) is 4.69. The molecule has 1 fully saturated rings. The Balaban J connectivity index is 1.56. The van der Waals surface area contributed by atoms with Crippen LogP contribution in [0.5, 0.6) is 0 Å². The minimum absolute atomic E-state index is 0.221. The predicted molar refractivity (Wildman–Crippen MR) is 103 cm³/mol. The number of carbonyl (C=O) groups is 2. The van der Waals surface area contributed by atoms with E-state index in [9.17, 15) is 18.8 Å². The van der Waals surface area contributed by atoms with Crippen molar-refractivity contribution >= 4 is 28.3 Å². The molecule has 3 aromatic rings. The molecule has 2 aromatic heterocycles. The smallest absolute Gasteiger partial charge is 0.310 e. The van der Waals surface area contributed by atoms with E-state index in [1.807, 2.05) is 0 Å². The Morgan fingerprint density at radius 1 is 1.28 bits per heavy atom. The average molecular weight is 400 g/mol. The molecule has 0 spiro atoms. The monoisotopic (exact) mass is 400 g/mol. The summed E-state index contributed by atoms with van der Waals surface area (Å²) in [5.41, 5.74) is 0.547. The summed E-state index contributed by atoms with van der Waals surface area (Å²) in [5.74, 6) is -1.31. The van der Waals surface area contributed by atoms with Crippen LogP contribution in [0.2, 0.25) is 0 Å². The summed E-state index contributed by atoms with van der Waals surface area (Å²) in [7, 11) is 0. The maximum atomic E-state index is 13.5. The number of amides is 1. The number of nitrogens with zero attached hydrogens (tertiary/aromatic N) is 4. The summed E-state index contributed by atoms with van der Waals surface area (Å²) in [4.78, 5) is 39.1. The zero-order valence-electron chi connectivity index (χ0n) is 16.0. The predicted octanol–water partition coefficient (Wildman–Crippen LogP) is 1.59. The largest absolute Gasteiger partial charge is 0.466 e. The topological polar surface area (TPSA) is 85.9 Å². The molecule has 0 bridgehead atoms. The Hall–Kier alpha value is -3.23. The zero-order chi connectivity index (χ0) is 20.5. The van der Waals surface area contributed by atoms with Crippen LogP contribution in [0.4, 0.5) is 4.39 Å². The van der Waals surface area contributed by atoms with E-state index in [-0.39, 0.29) is 30.9 Å². The minimum Gasteiger partial charge on any atom is -0.466 e.